The molecular weight excluding hydrogens is 241 g/mol. The van der Waals surface area contributed by atoms with E-state index >= 15 is 0 Å². The Morgan fingerprint density at radius 2 is 2.35 bits per heavy atom. The molecular formula is C12H19ClFN3. The highest BCUT2D eigenvalue weighted by molar-refractivity contribution is 5.85. The highest BCUT2D eigenvalue weighted by Gasteiger charge is 2.24. The van der Waals surface area contributed by atoms with Crippen molar-refractivity contribution in [3.05, 3.63) is 29.8 Å². The van der Waals surface area contributed by atoms with E-state index in [-0.39, 0.29) is 24.3 Å². The molecule has 1 aliphatic heterocycles. The van der Waals surface area contributed by atoms with Gasteiger partial charge in [0, 0.05) is 25.3 Å². The second kappa shape index (κ2) is 6.28. The maximum atomic E-state index is 12.9. The minimum absolute atomic E-state index is 0. The third kappa shape index (κ3) is 3.91. The molecule has 96 valence electrons. The van der Waals surface area contributed by atoms with Gasteiger partial charge < -0.3 is 5.73 Å². The predicted molar refractivity (Wildman–Crippen MR) is 68.5 cm³/mol. The quantitative estimate of drug-likeness (QED) is 0.900. The zero-order chi connectivity index (χ0) is 11.5. The van der Waals surface area contributed by atoms with E-state index in [2.05, 4.69) is 16.8 Å². The standard InChI is InChI=1S/C12H18FN3.ClH/c1-9(14)11-2-3-16(8-11)7-10-4-12(13)6-15-5-10;/h4-6,9,11H,2-3,7-8,14H2,1H3;1H. The number of aromatic nitrogens is 1. The Kier molecular flexibility index (Phi) is 5.31. The molecule has 0 aliphatic carbocycles. The van der Waals surface area contributed by atoms with Gasteiger partial charge in [-0.25, -0.2) is 4.39 Å². The topological polar surface area (TPSA) is 42.1 Å². The number of hydrogen-bond acceptors (Lipinski definition) is 3. The summed E-state index contributed by atoms with van der Waals surface area (Å²) in [6.07, 6.45) is 4.10. The first kappa shape index (κ1) is 14.4. The molecule has 1 fully saturated rings. The maximum Gasteiger partial charge on any atom is 0.141 e. The lowest BCUT2D eigenvalue weighted by Crippen LogP contribution is -2.29. The Balaban J connectivity index is 0.00000144. The lowest BCUT2D eigenvalue weighted by Gasteiger charge is -2.17. The van der Waals surface area contributed by atoms with Gasteiger partial charge in [0.2, 0.25) is 0 Å². The van der Waals surface area contributed by atoms with Crippen LogP contribution in [0.2, 0.25) is 0 Å². The van der Waals surface area contributed by atoms with Crippen LogP contribution in [0, 0.1) is 11.7 Å². The first-order valence-corrected chi connectivity index (χ1v) is 5.72. The number of nitrogens with zero attached hydrogens (tertiary/aromatic N) is 2. The minimum Gasteiger partial charge on any atom is -0.328 e. The summed E-state index contributed by atoms with van der Waals surface area (Å²) in [6, 6.07) is 1.79. The van der Waals surface area contributed by atoms with E-state index < -0.39 is 0 Å². The zero-order valence-corrected chi connectivity index (χ0v) is 10.8. The highest BCUT2D eigenvalue weighted by atomic mass is 35.5. The molecule has 1 saturated heterocycles. The molecule has 1 aromatic heterocycles. The zero-order valence-electron chi connectivity index (χ0n) is 9.97. The number of likely N-dealkylation sites (tertiary alicyclic amines) is 1. The molecule has 3 nitrogen and oxygen atoms in total. The summed E-state index contributed by atoms with van der Waals surface area (Å²) in [5.41, 5.74) is 6.81. The van der Waals surface area contributed by atoms with Gasteiger partial charge in [-0.2, -0.15) is 0 Å². The van der Waals surface area contributed by atoms with Crippen LogP contribution in [0.1, 0.15) is 18.9 Å². The van der Waals surface area contributed by atoms with Crippen molar-refractivity contribution in [2.24, 2.45) is 11.7 Å². The van der Waals surface area contributed by atoms with Crippen molar-refractivity contribution in [1.82, 2.24) is 9.88 Å². The Hall–Kier alpha value is -0.710. The van der Waals surface area contributed by atoms with E-state index in [0.717, 1.165) is 31.6 Å². The summed E-state index contributed by atoms with van der Waals surface area (Å²) in [7, 11) is 0. The molecule has 0 aromatic carbocycles. The van der Waals surface area contributed by atoms with Crippen LogP contribution in [0.5, 0.6) is 0 Å². The molecule has 2 heterocycles. The number of halogens is 2. The van der Waals surface area contributed by atoms with Gasteiger partial charge in [0.25, 0.3) is 0 Å². The van der Waals surface area contributed by atoms with E-state index in [4.69, 9.17) is 5.73 Å². The van der Waals surface area contributed by atoms with Gasteiger partial charge in [-0.1, -0.05) is 0 Å². The van der Waals surface area contributed by atoms with Crippen LogP contribution in [-0.2, 0) is 6.54 Å². The summed E-state index contributed by atoms with van der Waals surface area (Å²) < 4.78 is 12.9. The van der Waals surface area contributed by atoms with Gasteiger partial charge in [0.15, 0.2) is 0 Å². The summed E-state index contributed by atoms with van der Waals surface area (Å²) in [5.74, 6) is 0.307. The van der Waals surface area contributed by atoms with Gasteiger partial charge >= 0.3 is 0 Å². The van der Waals surface area contributed by atoms with Crippen LogP contribution in [0.15, 0.2) is 18.5 Å². The van der Waals surface area contributed by atoms with E-state index in [1.807, 2.05) is 0 Å². The fourth-order valence-corrected chi connectivity index (χ4v) is 2.24. The van der Waals surface area contributed by atoms with Crippen molar-refractivity contribution in [2.75, 3.05) is 13.1 Å². The Morgan fingerprint density at radius 1 is 1.59 bits per heavy atom. The van der Waals surface area contributed by atoms with Crippen LogP contribution < -0.4 is 5.73 Å². The van der Waals surface area contributed by atoms with E-state index in [1.165, 1.54) is 6.20 Å². The monoisotopic (exact) mass is 259 g/mol. The van der Waals surface area contributed by atoms with Gasteiger partial charge in [-0.15, -0.1) is 12.4 Å². The Labute approximate surface area is 108 Å². The molecule has 2 rings (SSSR count). The average molecular weight is 260 g/mol. The van der Waals surface area contributed by atoms with Gasteiger partial charge in [-0.05, 0) is 37.4 Å². The molecule has 1 aliphatic rings. The molecule has 0 radical (unpaired) electrons. The second-order valence-electron chi connectivity index (χ2n) is 4.65. The summed E-state index contributed by atoms with van der Waals surface area (Å²) >= 11 is 0. The van der Waals surface area contributed by atoms with Crippen molar-refractivity contribution in [3.63, 3.8) is 0 Å². The smallest absolute Gasteiger partial charge is 0.141 e. The highest BCUT2D eigenvalue weighted by Crippen LogP contribution is 2.20. The molecule has 0 spiro atoms. The van der Waals surface area contributed by atoms with Gasteiger partial charge in [0.1, 0.15) is 5.82 Å². The SMILES string of the molecule is CC(N)C1CCN(Cc2cncc(F)c2)C1.Cl. The van der Waals surface area contributed by atoms with E-state index in [1.54, 1.807) is 12.3 Å². The first-order chi connectivity index (χ1) is 7.65. The summed E-state index contributed by atoms with van der Waals surface area (Å²) in [4.78, 5) is 6.16. The molecule has 0 saturated carbocycles. The Bertz CT molecular complexity index is 359. The van der Waals surface area contributed by atoms with Crippen LogP contribution in [0.3, 0.4) is 0 Å². The largest absolute Gasteiger partial charge is 0.328 e. The molecule has 5 heteroatoms. The van der Waals surface area contributed by atoms with Crippen molar-refractivity contribution in [1.29, 1.82) is 0 Å². The van der Waals surface area contributed by atoms with Crippen LogP contribution >= 0.6 is 12.4 Å². The van der Waals surface area contributed by atoms with Crippen molar-refractivity contribution in [2.45, 2.75) is 25.9 Å². The van der Waals surface area contributed by atoms with Crippen LogP contribution in [-0.4, -0.2) is 29.0 Å². The third-order valence-corrected chi connectivity index (χ3v) is 3.22. The molecule has 0 bridgehead atoms. The first-order valence-electron chi connectivity index (χ1n) is 5.72. The molecule has 2 atom stereocenters. The predicted octanol–water partition coefficient (Wildman–Crippen LogP) is 1.81. The normalized spacial score (nSPS) is 22.2. The van der Waals surface area contributed by atoms with Crippen LogP contribution in [0.25, 0.3) is 0 Å². The molecule has 0 amide bonds. The number of hydrogen-bond donors (Lipinski definition) is 1. The fraction of sp³-hybridized carbons (Fsp3) is 0.583. The molecule has 2 N–H and O–H groups in total. The second-order valence-corrected chi connectivity index (χ2v) is 4.65. The molecule has 17 heavy (non-hydrogen) atoms. The van der Waals surface area contributed by atoms with Gasteiger partial charge in [-0.3, -0.25) is 9.88 Å². The summed E-state index contributed by atoms with van der Waals surface area (Å²) in [5, 5.41) is 0. The van der Waals surface area contributed by atoms with Gasteiger partial charge in [0.05, 0.1) is 6.20 Å². The Morgan fingerprint density at radius 3 is 2.94 bits per heavy atom. The maximum absolute atomic E-state index is 12.9. The molecule has 2 unspecified atom stereocenters. The van der Waals surface area contributed by atoms with Crippen molar-refractivity contribution < 1.29 is 4.39 Å². The lowest BCUT2D eigenvalue weighted by atomic mass is 10.0. The number of nitrogens with two attached hydrogens (primary N) is 1. The average Bonchev–Trinajstić information content (AvgIpc) is 2.66. The minimum atomic E-state index is -0.263. The lowest BCUT2D eigenvalue weighted by molar-refractivity contribution is 0.307. The summed E-state index contributed by atoms with van der Waals surface area (Å²) in [6.45, 7) is 4.88. The van der Waals surface area contributed by atoms with Crippen molar-refractivity contribution in [3.8, 4) is 0 Å². The van der Waals surface area contributed by atoms with Crippen LogP contribution in [0.4, 0.5) is 4.39 Å². The fourth-order valence-electron chi connectivity index (χ4n) is 2.24. The number of rotatable bonds is 3. The molecule has 1 aromatic rings. The van der Waals surface area contributed by atoms with E-state index in [9.17, 15) is 4.39 Å². The van der Waals surface area contributed by atoms with Crippen molar-refractivity contribution >= 4 is 12.4 Å². The number of pyridine rings is 1. The third-order valence-electron chi connectivity index (χ3n) is 3.22. The van der Waals surface area contributed by atoms with E-state index in [0.29, 0.717) is 5.92 Å².